The van der Waals surface area contributed by atoms with E-state index < -0.39 is 12.1 Å². The first-order valence-corrected chi connectivity index (χ1v) is 8.65. The van der Waals surface area contributed by atoms with Crippen LogP contribution < -0.4 is 10.1 Å². The average Bonchev–Trinajstić information content (AvgIpc) is 3.16. The number of nitrogens with zero attached hydrogens (tertiary/aromatic N) is 1. The molecule has 1 amide bonds. The minimum Gasteiger partial charge on any atom is -0.463 e. The van der Waals surface area contributed by atoms with Gasteiger partial charge in [0.15, 0.2) is 0 Å². The van der Waals surface area contributed by atoms with Gasteiger partial charge in [0, 0.05) is 12.0 Å². The Morgan fingerprint density at radius 1 is 1.15 bits per heavy atom. The van der Waals surface area contributed by atoms with Crippen molar-refractivity contribution in [1.29, 1.82) is 0 Å². The molecule has 0 fully saturated rings. The number of para-hydroxylation sites is 1. The van der Waals surface area contributed by atoms with Crippen molar-refractivity contribution in [3.05, 3.63) is 60.2 Å². The normalized spacial score (nSPS) is 15.4. The maximum atomic E-state index is 12.4. The molecule has 0 radical (unpaired) electrons. The maximum absolute atomic E-state index is 12.4. The number of carbonyl (C=O) groups is 2. The van der Waals surface area contributed by atoms with Gasteiger partial charge >= 0.3 is 5.97 Å². The van der Waals surface area contributed by atoms with Crippen molar-refractivity contribution in [3.63, 3.8) is 0 Å². The number of nitrogens with one attached hydrogen (secondary N) is 1. The van der Waals surface area contributed by atoms with Crippen LogP contribution in [0.5, 0.6) is 11.5 Å². The summed E-state index contributed by atoms with van der Waals surface area (Å²) in [6, 6.07) is 16.2. The first-order chi connectivity index (χ1) is 13.2. The second-order valence-corrected chi connectivity index (χ2v) is 5.83. The molecule has 1 N–H and O–H groups in total. The van der Waals surface area contributed by atoms with Crippen LogP contribution in [0.2, 0.25) is 0 Å². The molecule has 140 valence electrons. The van der Waals surface area contributed by atoms with Crippen LogP contribution in [-0.2, 0) is 14.4 Å². The number of esters is 1. The zero-order chi connectivity index (χ0) is 19.1. The second-order valence-electron chi connectivity index (χ2n) is 5.83. The van der Waals surface area contributed by atoms with Crippen LogP contribution in [0.4, 0.5) is 0 Å². The van der Waals surface area contributed by atoms with Gasteiger partial charge in [0.2, 0.25) is 6.10 Å². The summed E-state index contributed by atoms with van der Waals surface area (Å²) in [6.07, 6.45) is -0.435. The van der Waals surface area contributed by atoms with Crippen molar-refractivity contribution in [2.45, 2.75) is 19.4 Å². The lowest BCUT2D eigenvalue weighted by Crippen LogP contribution is -2.30. The number of benzene rings is 2. The smallest absolute Gasteiger partial charge is 0.350 e. The lowest BCUT2D eigenvalue weighted by Gasteiger charge is -2.08. The Balaban J connectivity index is 1.53. The third kappa shape index (κ3) is 5.07. The summed E-state index contributed by atoms with van der Waals surface area (Å²) in [5.41, 5.74) is 1.04. The highest BCUT2D eigenvalue weighted by atomic mass is 16.7. The van der Waals surface area contributed by atoms with Gasteiger partial charge in [0.05, 0.1) is 18.9 Å². The highest BCUT2D eigenvalue weighted by molar-refractivity contribution is 5.99. The lowest BCUT2D eigenvalue weighted by atomic mass is 10.1. The molecule has 0 saturated carbocycles. The standard InChI is InChI=1S/C20H20N2O5/c1-2-25-20(24)18-12-15(22-27-18)13-21-19(23)14-7-6-10-17(11-14)26-16-8-4-3-5-9-16/h3-11,18H,2,12-13H2,1H3,(H,21,23). The Morgan fingerprint density at radius 2 is 1.93 bits per heavy atom. The molecule has 1 aliphatic rings. The van der Waals surface area contributed by atoms with E-state index in [4.69, 9.17) is 14.3 Å². The Hall–Kier alpha value is -3.35. The molecule has 1 aliphatic heterocycles. The molecule has 3 rings (SSSR count). The molecule has 2 aromatic rings. The van der Waals surface area contributed by atoms with Crippen LogP contribution in [0, 0.1) is 0 Å². The average molecular weight is 368 g/mol. The summed E-state index contributed by atoms with van der Waals surface area (Å²) in [6.45, 7) is 2.20. The minimum absolute atomic E-state index is 0.193. The van der Waals surface area contributed by atoms with Crippen LogP contribution in [0.3, 0.4) is 0 Å². The quantitative estimate of drug-likeness (QED) is 0.760. The van der Waals surface area contributed by atoms with E-state index >= 15 is 0 Å². The SMILES string of the molecule is CCOC(=O)C1CC(CNC(=O)c2cccc(Oc3ccccc3)c2)=NO1. The van der Waals surface area contributed by atoms with Crippen molar-refractivity contribution in [1.82, 2.24) is 5.32 Å². The predicted octanol–water partition coefficient (Wildman–Crippen LogP) is 2.92. The van der Waals surface area contributed by atoms with Gasteiger partial charge in [-0.05, 0) is 37.3 Å². The molecule has 27 heavy (non-hydrogen) atoms. The van der Waals surface area contributed by atoms with Gasteiger partial charge < -0.3 is 19.6 Å². The molecule has 1 heterocycles. The summed E-state index contributed by atoms with van der Waals surface area (Å²) in [5, 5.41) is 6.60. The molecule has 1 atom stereocenters. The van der Waals surface area contributed by atoms with Gasteiger partial charge in [-0.25, -0.2) is 4.79 Å². The number of ether oxygens (including phenoxy) is 2. The third-order valence-electron chi connectivity index (χ3n) is 3.81. The maximum Gasteiger partial charge on any atom is 0.350 e. The van der Waals surface area contributed by atoms with Gasteiger partial charge in [-0.3, -0.25) is 4.79 Å². The first-order valence-electron chi connectivity index (χ1n) is 8.65. The van der Waals surface area contributed by atoms with E-state index in [0.717, 1.165) is 0 Å². The van der Waals surface area contributed by atoms with Crippen molar-refractivity contribution in [2.75, 3.05) is 13.2 Å². The van der Waals surface area contributed by atoms with Gasteiger partial charge in [0.1, 0.15) is 11.5 Å². The molecule has 0 saturated heterocycles. The van der Waals surface area contributed by atoms with E-state index in [1.807, 2.05) is 30.3 Å². The summed E-state index contributed by atoms with van der Waals surface area (Å²) in [7, 11) is 0. The van der Waals surface area contributed by atoms with Gasteiger partial charge in [-0.1, -0.05) is 29.4 Å². The Labute approximate surface area is 156 Å². The zero-order valence-electron chi connectivity index (χ0n) is 14.9. The van der Waals surface area contributed by atoms with Crippen molar-refractivity contribution in [3.8, 4) is 11.5 Å². The van der Waals surface area contributed by atoms with E-state index in [-0.39, 0.29) is 19.1 Å². The minimum atomic E-state index is -0.737. The number of carbonyl (C=O) groups excluding carboxylic acids is 2. The van der Waals surface area contributed by atoms with E-state index in [1.165, 1.54) is 0 Å². The fourth-order valence-corrected chi connectivity index (χ4v) is 2.50. The lowest BCUT2D eigenvalue weighted by molar-refractivity contribution is -0.154. The van der Waals surface area contributed by atoms with E-state index in [1.54, 1.807) is 31.2 Å². The van der Waals surface area contributed by atoms with Crippen LogP contribution in [0.1, 0.15) is 23.7 Å². The summed E-state index contributed by atoms with van der Waals surface area (Å²) in [4.78, 5) is 29.0. The van der Waals surface area contributed by atoms with E-state index in [0.29, 0.717) is 29.2 Å². The van der Waals surface area contributed by atoms with Crippen LogP contribution in [0.15, 0.2) is 59.8 Å². The Morgan fingerprint density at radius 3 is 2.70 bits per heavy atom. The van der Waals surface area contributed by atoms with E-state index in [2.05, 4.69) is 10.5 Å². The molecule has 0 spiro atoms. The third-order valence-corrected chi connectivity index (χ3v) is 3.81. The molecule has 7 nitrogen and oxygen atoms in total. The van der Waals surface area contributed by atoms with E-state index in [9.17, 15) is 9.59 Å². The van der Waals surface area contributed by atoms with Crippen molar-refractivity contribution >= 4 is 17.6 Å². The molecule has 0 aromatic heterocycles. The highest BCUT2D eigenvalue weighted by Crippen LogP contribution is 2.21. The molecule has 2 aromatic carbocycles. The molecule has 1 unspecified atom stereocenters. The van der Waals surface area contributed by atoms with Gasteiger partial charge in [0.25, 0.3) is 5.91 Å². The number of oxime groups is 1. The highest BCUT2D eigenvalue weighted by Gasteiger charge is 2.29. The first kappa shape index (κ1) is 18.4. The van der Waals surface area contributed by atoms with Gasteiger partial charge in [-0.2, -0.15) is 0 Å². The summed E-state index contributed by atoms with van der Waals surface area (Å²) < 4.78 is 10.6. The second kappa shape index (κ2) is 8.84. The topological polar surface area (TPSA) is 86.2 Å². The number of hydrogen-bond acceptors (Lipinski definition) is 6. The fraction of sp³-hybridized carbons (Fsp3) is 0.250. The molecule has 7 heteroatoms. The van der Waals surface area contributed by atoms with Crippen molar-refractivity contribution < 1.29 is 23.9 Å². The van der Waals surface area contributed by atoms with Crippen molar-refractivity contribution in [2.24, 2.45) is 5.16 Å². The monoisotopic (exact) mass is 368 g/mol. The Kier molecular flexibility index (Phi) is 6.04. The van der Waals surface area contributed by atoms with Crippen LogP contribution in [0.25, 0.3) is 0 Å². The summed E-state index contributed by atoms with van der Waals surface area (Å²) >= 11 is 0. The number of amides is 1. The molecular formula is C20H20N2O5. The number of rotatable bonds is 7. The van der Waals surface area contributed by atoms with Gasteiger partial charge in [-0.15, -0.1) is 0 Å². The zero-order valence-corrected chi connectivity index (χ0v) is 14.9. The molecule has 0 bridgehead atoms. The fourth-order valence-electron chi connectivity index (χ4n) is 2.50. The van der Waals surface area contributed by atoms with Crippen LogP contribution >= 0.6 is 0 Å². The molecule has 0 aliphatic carbocycles. The number of hydrogen-bond donors (Lipinski definition) is 1. The molecular weight excluding hydrogens is 348 g/mol. The predicted molar refractivity (Wildman–Crippen MR) is 98.8 cm³/mol. The summed E-state index contributed by atoms with van der Waals surface area (Å²) in [5.74, 6) is 0.541. The van der Waals surface area contributed by atoms with Crippen LogP contribution in [-0.4, -0.2) is 36.8 Å². The Bertz CT molecular complexity index is 835. The largest absolute Gasteiger partial charge is 0.463 e.